The fourth-order valence-corrected chi connectivity index (χ4v) is 2.32. The third kappa shape index (κ3) is 5.43. The maximum atomic E-state index is 12.9. The maximum Gasteiger partial charge on any atom is 0.418 e. The van der Waals surface area contributed by atoms with Gasteiger partial charge in [0.25, 0.3) is 5.91 Å². The van der Waals surface area contributed by atoms with E-state index in [1.54, 1.807) is 0 Å². The molecular weight excluding hydrogens is 429 g/mol. The minimum absolute atomic E-state index is 0.0876. The zero-order valence-electron chi connectivity index (χ0n) is 12.2. The quantitative estimate of drug-likeness (QED) is 0.724. The normalized spacial score (nSPS) is 11.1. The van der Waals surface area contributed by atoms with Gasteiger partial charge in [0.2, 0.25) is 0 Å². The molecule has 0 aliphatic heterocycles. The second-order valence-corrected chi connectivity index (χ2v) is 6.06. The minimum Gasteiger partial charge on any atom is -0.452 e. The second-order valence-electron chi connectivity index (χ2n) is 4.70. The van der Waals surface area contributed by atoms with Crippen LogP contribution in [0, 0.1) is 0 Å². The predicted molar refractivity (Wildman–Crippen MR) is 87.3 cm³/mol. The van der Waals surface area contributed by atoms with E-state index in [2.05, 4.69) is 20.9 Å². The number of carbonyl (C=O) groups is 2. The molecule has 5 nitrogen and oxygen atoms in total. The molecule has 1 aromatic heterocycles. The number of anilines is 1. The molecule has 2 aromatic rings. The molecule has 0 radical (unpaired) electrons. The number of benzene rings is 1. The van der Waals surface area contributed by atoms with Crippen LogP contribution < -0.4 is 5.32 Å². The molecule has 0 fully saturated rings. The molecule has 25 heavy (non-hydrogen) atoms. The Kier molecular flexibility index (Phi) is 6.02. The van der Waals surface area contributed by atoms with Gasteiger partial charge in [-0.1, -0.05) is 11.6 Å². The number of rotatable bonds is 4. The van der Waals surface area contributed by atoms with E-state index in [0.29, 0.717) is 10.5 Å². The maximum absolute atomic E-state index is 12.9. The Morgan fingerprint density at radius 2 is 1.96 bits per heavy atom. The van der Waals surface area contributed by atoms with Gasteiger partial charge in [-0.25, -0.2) is 4.79 Å². The van der Waals surface area contributed by atoms with Gasteiger partial charge in [0.1, 0.15) is 0 Å². The number of pyridine rings is 1. The van der Waals surface area contributed by atoms with Crippen molar-refractivity contribution in [2.45, 2.75) is 6.18 Å². The lowest BCUT2D eigenvalue weighted by molar-refractivity contribution is -0.137. The molecule has 0 spiro atoms. The van der Waals surface area contributed by atoms with Crippen molar-refractivity contribution >= 4 is 45.1 Å². The number of nitrogens with zero attached hydrogens (tertiary/aromatic N) is 1. The zero-order valence-corrected chi connectivity index (χ0v) is 14.6. The molecule has 0 saturated heterocycles. The van der Waals surface area contributed by atoms with Gasteiger partial charge in [0, 0.05) is 21.9 Å². The predicted octanol–water partition coefficient (Wildman–Crippen LogP) is 4.31. The molecule has 2 rings (SSSR count). The van der Waals surface area contributed by atoms with E-state index in [4.69, 9.17) is 16.3 Å². The highest BCUT2D eigenvalue weighted by Crippen LogP contribution is 2.36. The van der Waals surface area contributed by atoms with Crippen molar-refractivity contribution in [3.05, 3.63) is 57.3 Å². The highest BCUT2D eigenvalue weighted by molar-refractivity contribution is 9.10. The van der Waals surface area contributed by atoms with E-state index in [-0.39, 0.29) is 10.6 Å². The third-order valence-corrected chi connectivity index (χ3v) is 3.50. The Morgan fingerprint density at radius 3 is 2.60 bits per heavy atom. The largest absolute Gasteiger partial charge is 0.452 e. The lowest BCUT2D eigenvalue weighted by atomic mass is 10.1. The molecule has 1 aromatic carbocycles. The smallest absolute Gasteiger partial charge is 0.418 e. The molecule has 10 heteroatoms. The number of hydrogen-bond acceptors (Lipinski definition) is 4. The summed E-state index contributed by atoms with van der Waals surface area (Å²) < 4.78 is 44.1. The van der Waals surface area contributed by atoms with Gasteiger partial charge in [-0.2, -0.15) is 13.2 Å². The first-order valence-corrected chi connectivity index (χ1v) is 7.78. The number of aromatic nitrogens is 1. The van der Waals surface area contributed by atoms with Crippen molar-refractivity contribution in [1.29, 1.82) is 0 Å². The van der Waals surface area contributed by atoms with E-state index in [0.717, 1.165) is 6.07 Å². The van der Waals surface area contributed by atoms with E-state index < -0.39 is 35.9 Å². The van der Waals surface area contributed by atoms with Gasteiger partial charge >= 0.3 is 12.1 Å². The van der Waals surface area contributed by atoms with Crippen LogP contribution in [0.3, 0.4) is 0 Å². The van der Waals surface area contributed by atoms with Crippen molar-refractivity contribution in [2.75, 3.05) is 11.9 Å². The van der Waals surface area contributed by atoms with E-state index in [1.165, 1.54) is 24.5 Å². The van der Waals surface area contributed by atoms with Gasteiger partial charge in [-0.3, -0.25) is 9.78 Å². The van der Waals surface area contributed by atoms with Crippen LogP contribution in [0.2, 0.25) is 5.02 Å². The van der Waals surface area contributed by atoms with Crippen molar-refractivity contribution in [1.82, 2.24) is 4.98 Å². The first-order valence-electron chi connectivity index (χ1n) is 6.61. The highest BCUT2D eigenvalue weighted by atomic mass is 79.9. The third-order valence-electron chi connectivity index (χ3n) is 2.84. The molecule has 1 amide bonds. The summed E-state index contributed by atoms with van der Waals surface area (Å²) in [5.41, 5.74) is -1.50. The number of ether oxygens (including phenoxy) is 1. The lowest BCUT2D eigenvalue weighted by Crippen LogP contribution is -2.22. The lowest BCUT2D eigenvalue weighted by Gasteiger charge is -2.14. The van der Waals surface area contributed by atoms with Crippen LogP contribution in [0.4, 0.5) is 18.9 Å². The molecule has 0 bridgehead atoms. The average molecular weight is 438 g/mol. The van der Waals surface area contributed by atoms with Crippen LogP contribution in [0.25, 0.3) is 0 Å². The molecule has 0 unspecified atom stereocenters. The number of amides is 1. The van der Waals surface area contributed by atoms with Crippen LogP contribution >= 0.6 is 27.5 Å². The topological polar surface area (TPSA) is 68.3 Å². The summed E-state index contributed by atoms with van der Waals surface area (Å²) in [7, 11) is 0. The molecule has 0 saturated carbocycles. The fourth-order valence-electron chi connectivity index (χ4n) is 1.78. The van der Waals surface area contributed by atoms with Crippen LogP contribution in [-0.4, -0.2) is 23.5 Å². The standard InChI is InChI=1S/C15H9BrClF3N2O3/c16-9-3-8(5-21-6-9)14(24)25-7-13(23)22-12-2-1-10(17)4-11(12)15(18,19)20/h1-6H,7H2,(H,22,23). The van der Waals surface area contributed by atoms with Crippen LogP contribution in [0.1, 0.15) is 15.9 Å². The number of carbonyl (C=O) groups excluding carboxylic acids is 2. The summed E-state index contributed by atoms with van der Waals surface area (Å²) in [6.07, 6.45) is -2.03. The number of halogens is 5. The van der Waals surface area contributed by atoms with Crippen molar-refractivity contribution in [2.24, 2.45) is 0 Å². The summed E-state index contributed by atoms with van der Waals surface area (Å²) >= 11 is 8.67. The summed E-state index contributed by atoms with van der Waals surface area (Å²) in [5.74, 6) is -1.76. The first kappa shape index (κ1) is 19.2. The SMILES string of the molecule is O=C(COC(=O)c1cncc(Br)c1)Nc1ccc(Cl)cc1C(F)(F)F. The summed E-state index contributed by atoms with van der Waals surface area (Å²) in [6.45, 7) is -0.759. The Labute approximate surface area is 153 Å². The van der Waals surface area contributed by atoms with Crippen LogP contribution in [0.15, 0.2) is 41.1 Å². The summed E-state index contributed by atoms with van der Waals surface area (Å²) in [6, 6.07) is 4.33. The molecule has 0 aliphatic carbocycles. The van der Waals surface area contributed by atoms with Crippen LogP contribution in [0.5, 0.6) is 0 Å². The zero-order chi connectivity index (χ0) is 18.6. The second kappa shape index (κ2) is 7.83. The average Bonchev–Trinajstić information content (AvgIpc) is 2.53. The molecule has 132 valence electrons. The van der Waals surface area contributed by atoms with Gasteiger partial charge in [0.15, 0.2) is 6.61 Å². The Morgan fingerprint density at radius 1 is 1.24 bits per heavy atom. The van der Waals surface area contributed by atoms with Gasteiger partial charge in [0.05, 0.1) is 16.8 Å². The van der Waals surface area contributed by atoms with Gasteiger partial charge < -0.3 is 10.1 Å². The first-order chi connectivity index (χ1) is 11.7. The van der Waals surface area contributed by atoms with Crippen molar-refractivity contribution < 1.29 is 27.5 Å². The van der Waals surface area contributed by atoms with E-state index in [1.807, 2.05) is 5.32 Å². The Bertz CT molecular complexity index is 815. The van der Waals surface area contributed by atoms with Gasteiger partial charge in [-0.15, -0.1) is 0 Å². The molecule has 0 aliphatic rings. The van der Waals surface area contributed by atoms with Crippen LogP contribution in [-0.2, 0) is 15.7 Å². The number of esters is 1. The number of hydrogen-bond donors (Lipinski definition) is 1. The number of alkyl halides is 3. The minimum atomic E-state index is -4.70. The van der Waals surface area contributed by atoms with Gasteiger partial charge in [-0.05, 0) is 40.2 Å². The summed E-state index contributed by atoms with van der Waals surface area (Å²) in [5, 5.41) is 1.92. The Balaban J connectivity index is 2.03. The molecule has 1 N–H and O–H groups in total. The molecule has 1 heterocycles. The monoisotopic (exact) mass is 436 g/mol. The highest BCUT2D eigenvalue weighted by Gasteiger charge is 2.34. The van der Waals surface area contributed by atoms with Crippen molar-refractivity contribution in [3.63, 3.8) is 0 Å². The summed E-state index contributed by atoms with van der Waals surface area (Å²) in [4.78, 5) is 27.3. The van der Waals surface area contributed by atoms with E-state index >= 15 is 0 Å². The van der Waals surface area contributed by atoms with E-state index in [9.17, 15) is 22.8 Å². The number of nitrogens with one attached hydrogen (secondary N) is 1. The molecular formula is C15H9BrClF3N2O3. The molecule has 0 atom stereocenters. The fraction of sp³-hybridized carbons (Fsp3) is 0.133. The Hall–Kier alpha value is -2.13. The van der Waals surface area contributed by atoms with Crippen molar-refractivity contribution in [3.8, 4) is 0 Å².